The second kappa shape index (κ2) is 18.8. The normalized spacial score (nSPS) is 27.7. The number of alkyl halides is 2. The molecule has 0 radical (unpaired) electrons. The number of hydrogen-bond acceptors (Lipinski definition) is 9. The molecule has 3 aromatic carbocycles. The molecule has 1 aromatic heterocycles. The highest BCUT2D eigenvalue weighted by molar-refractivity contribution is 7.57. The third-order valence-corrected chi connectivity index (χ3v) is 17.8. The van der Waals surface area contributed by atoms with E-state index in [1.807, 2.05) is 25.2 Å². The number of amides is 3. The molecule has 352 valence electrons. The molecular formula is C50H60F2N5O7PS. The number of esters is 1. The number of nitrogens with zero attached hydrogens (tertiary/aromatic N) is 3. The van der Waals surface area contributed by atoms with Crippen molar-refractivity contribution in [2.75, 3.05) is 13.6 Å². The molecule has 2 N–H and O–H groups in total. The van der Waals surface area contributed by atoms with Crippen LogP contribution in [0.2, 0.25) is 0 Å². The highest BCUT2D eigenvalue weighted by Crippen LogP contribution is 2.58. The van der Waals surface area contributed by atoms with E-state index < -0.39 is 55.7 Å². The third-order valence-electron chi connectivity index (χ3n) is 14.6. The minimum absolute atomic E-state index is 0.0104. The Labute approximate surface area is 389 Å². The molecule has 0 bridgehead atoms. The number of fused-ring (bicyclic) bond motifs is 2. The van der Waals surface area contributed by atoms with Crippen molar-refractivity contribution >= 4 is 52.6 Å². The summed E-state index contributed by atoms with van der Waals surface area (Å²) in [6.45, 7) is 5.40. The summed E-state index contributed by atoms with van der Waals surface area (Å²) in [4.78, 5) is 63.1. The molecule has 2 aliphatic carbocycles. The average Bonchev–Trinajstić information content (AvgIpc) is 3.56. The van der Waals surface area contributed by atoms with Gasteiger partial charge in [-0.2, -0.15) is 0 Å². The van der Waals surface area contributed by atoms with Gasteiger partial charge < -0.3 is 29.3 Å². The van der Waals surface area contributed by atoms with Crippen LogP contribution in [0.15, 0.2) is 84.9 Å². The number of nitrogens with one attached hydrogen (secondary N) is 2. The molecule has 3 saturated heterocycles. The molecule has 9 rings (SSSR count). The van der Waals surface area contributed by atoms with Crippen LogP contribution in [-0.2, 0) is 23.7 Å². The van der Waals surface area contributed by atoms with Crippen molar-refractivity contribution in [2.45, 2.75) is 151 Å². The number of halogens is 2. The van der Waals surface area contributed by atoms with E-state index in [0.29, 0.717) is 66.5 Å². The maximum Gasteiger partial charge on any atom is 0.355 e. The van der Waals surface area contributed by atoms with Crippen molar-refractivity contribution in [3.8, 4) is 5.75 Å². The molecule has 8 atom stereocenters. The maximum absolute atomic E-state index is 16.7. The predicted octanol–water partition coefficient (Wildman–Crippen LogP) is 9.06. The first-order valence-corrected chi connectivity index (χ1v) is 26.0. The van der Waals surface area contributed by atoms with E-state index in [1.165, 1.54) is 36.0 Å². The SMILES string of the molecule is CC(C)OC(=O)[C@H](C)NP(=O)(Oc1ccccc1)[C@@H](F)c1ccc2sc(C(=O)N[C@H]3CC[C@H](N(C)C4CC(F)C4)C[C@H]4CC[C@@H](C(=O)N5C[C@H](c6ccccc6)CC56CC6)N4C3=O)cc2c1. The van der Waals surface area contributed by atoms with Crippen LogP contribution in [-0.4, -0.2) is 106 Å². The van der Waals surface area contributed by atoms with Crippen molar-refractivity contribution in [1.29, 1.82) is 0 Å². The van der Waals surface area contributed by atoms with Crippen molar-refractivity contribution in [3.63, 3.8) is 0 Å². The Kier molecular flexibility index (Phi) is 13.2. The largest absolute Gasteiger partial charge is 0.462 e. The number of carbonyl (C=O) groups excluding carboxylic acids is 4. The summed E-state index contributed by atoms with van der Waals surface area (Å²) in [5, 5.41) is 6.17. The Morgan fingerprint density at radius 1 is 0.909 bits per heavy atom. The first-order valence-electron chi connectivity index (χ1n) is 23.5. The van der Waals surface area contributed by atoms with Crippen LogP contribution in [0.5, 0.6) is 5.75 Å². The zero-order valence-electron chi connectivity index (χ0n) is 37.9. The van der Waals surface area contributed by atoms with Gasteiger partial charge >= 0.3 is 13.5 Å². The van der Waals surface area contributed by atoms with Gasteiger partial charge in [0.15, 0.2) is 0 Å². The highest BCUT2D eigenvalue weighted by Gasteiger charge is 2.59. The molecule has 3 amide bonds. The van der Waals surface area contributed by atoms with Crippen molar-refractivity contribution < 1.29 is 41.8 Å². The van der Waals surface area contributed by atoms with Crippen LogP contribution in [0.25, 0.3) is 10.1 Å². The molecule has 4 aromatic rings. The van der Waals surface area contributed by atoms with Gasteiger partial charge in [-0.3, -0.25) is 23.7 Å². The summed E-state index contributed by atoms with van der Waals surface area (Å²) in [6.07, 6.45) is 5.31. The lowest BCUT2D eigenvalue weighted by atomic mass is 9.86. The van der Waals surface area contributed by atoms with Gasteiger partial charge in [-0.05, 0) is 139 Å². The molecule has 1 spiro atoms. The number of ether oxygens (including phenoxy) is 1. The van der Waals surface area contributed by atoms with E-state index in [0.717, 1.165) is 19.3 Å². The van der Waals surface area contributed by atoms with Crippen LogP contribution in [0.3, 0.4) is 0 Å². The van der Waals surface area contributed by atoms with E-state index in [1.54, 1.807) is 61.2 Å². The lowest BCUT2D eigenvalue weighted by Crippen LogP contribution is -2.59. The fraction of sp³-hybridized carbons (Fsp3) is 0.520. The van der Waals surface area contributed by atoms with Crippen molar-refractivity contribution in [2.24, 2.45) is 0 Å². The molecule has 4 heterocycles. The zero-order chi connectivity index (χ0) is 46.5. The summed E-state index contributed by atoms with van der Waals surface area (Å²) in [6, 6.07) is 21.9. The molecular weight excluding hydrogens is 884 g/mol. The van der Waals surface area contributed by atoms with Gasteiger partial charge in [0.05, 0.1) is 11.0 Å². The molecule has 5 fully saturated rings. The first kappa shape index (κ1) is 46.4. The summed E-state index contributed by atoms with van der Waals surface area (Å²) in [5.41, 5.74) is 1.05. The lowest BCUT2D eigenvalue weighted by molar-refractivity contribution is -0.149. The second-order valence-electron chi connectivity index (χ2n) is 19.4. The maximum atomic E-state index is 16.7. The summed E-state index contributed by atoms with van der Waals surface area (Å²) >= 11 is 1.18. The second-order valence-corrected chi connectivity index (χ2v) is 22.6. The van der Waals surface area contributed by atoms with Crippen LogP contribution >= 0.6 is 18.9 Å². The van der Waals surface area contributed by atoms with Crippen LogP contribution in [0, 0.1) is 0 Å². The van der Waals surface area contributed by atoms with Gasteiger partial charge in [-0.1, -0.05) is 54.6 Å². The van der Waals surface area contributed by atoms with Gasteiger partial charge in [0, 0.05) is 40.8 Å². The molecule has 12 nitrogen and oxygen atoms in total. The van der Waals surface area contributed by atoms with Crippen molar-refractivity contribution in [3.05, 3.63) is 101 Å². The number of likely N-dealkylation sites (tertiary alicyclic amines) is 1. The number of carbonyl (C=O) groups is 4. The zero-order valence-corrected chi connectivity index (χ0v) is 39.7. The van der Waals surface area contributed by atoms with Crippen LogP contribution in [0.1, 0.15) is 118 Å². The first-order chi connectivity index (χ1) is 31.6. The molecule has 3 aliphatic heterocycles. The number of benzene rings is 3. The molecule has 16 heteroatoms. The number of para-hydroxylation sites is 1. The van der Waals surface area contributed by atoms with Crippen LogP contribution in [0.4, 0.5) is 8.78 Å². The van der Waals surface area contributed by atoms with Gasteiger partial charge in [-0.25, -0.2) is 13.9 Å². The Morgan fingerprint density at radius 2 is 1.62 bits per heavy atom. The van der Waals surface area contributed by atoms with E-state index >= 15 is 4.39 Å². The van der Waals surface area contributed by atoms with Crippen LogP contribution < -0.4 is 14.9 Å². The monoisotopic (exact) mass is 943 g/mol. The quantitative estimate of drug-likeness (QED) is 0.0938. The van der Waals surface area contributed by atoms with E-state index in [-0.39, 0.29) is 52.7 Å². The Bertz CT molecular complexity index is 2490. The van der Waals surface area contributed by atoms with Gasteiger partial charge in [0.1, 0.15) is 30.0 Å². The predicted molar refractivity (Wildman–Crippen MR) is 250 cm³/mol. The van der Waals surface area contributed by atoms with E-state index in [9.17, 15) is 28.1 Å². The smallest absolute Gasteiger partial charge is 0.355 e. The minimum Gasteiger partial charge on any atom is -0.462 e. The fourth-order valence-corrected chi connectivity index (χ4v) is 13.6. The summed E-state index contributed by atoms with van der Waals surface area (Å²) in [7, 11) is -2.46. The Hall–Kier alpha value is -4.69. The molecule has 66 heavy (non-hydrogen) atoms. The molecule has 1 unspecified atom stereocenters. The topological polar surface area (TPSA) is 138 Å². The summed E-state index contributed by atoms with van der Waals surface area (Å²) < 4.78 is 57.0. The van der Waals surface area contributed by atoms with E-state index in [2.05, 4.69) is 32.3 Å². The number of hydrogen-bond donors (Lipinski definition) is 2. The Morgan fingerprint density at radius 3 is 2.30 bits per heavy atom. The molecule has 2 saturated carbocycles. The molecule has 5 aliphatic rings. The minimum atomic E-state index is -4.49. The van der Waals surface area contributed by atoms with E-state index in [4.69, 9.17) is 9.26 Å². The fourth-order valence-electron chi connectivity index (χ4n) is 10.7. The van der Waals surface area contributed by atoms with Gasteiger partial charge in [0.2, 0.25) is 17.7 Å². The third kappa shape index (κ3) is 9.42. The standard InChI is InChI=1S/C50H60F2N5O7PS/c1-30(2)63-49(61)31(3)54-65(62,64-40-13-9-6-10-14-40)45(52)33-15-20-43-34(23-33)24-44(66-43)46(58)53-41-18-16-37(55(4)39-25-36(51)26-39)27-38-17-19-42(57(38)47(41)59)48(60)56-29-35(28-50(56)21-22-50)32-11-7-5-8-12-32/h5-15,20,23-24,30-31,35-39,41-42,45H,16-19,21-22,25-29H2,1-4H3,(H,53,58)(H,54,62)/t31-,35+,36?,37-,38+,39?,41-,42-,45+,65?/m0/s1. The van der Waals surface area contributed by atoms with Crippen molar-refractivity contribution in [1.82, 2.24) is 25.1 Å². The Balaban J connectivity index is 0.954. The lowest BCUT2D eigenvalue weighted by Gasteiger charge is -2.45. The number of thiophene rings is 1. The number of rotatable bonds is 14. The summed E-state index contributed by atoms with van der Waals surface area (Å²) in [5.74, 6) is -3.31. The van der Waals surface area contributed by atoms with Gasteiger partial charge in [0.25, 0.3) is 5.91 Å². The van der Waals surface area contributed by atoms with Gasteiger partial charge in [-0.15, -0.1) is 11.3 Å². The highest BCUT2D eigenvalue weighted by atomic mass is 32.1. The average molecular weight is 944 g/mol.